The Morgan fingerprint density at radius 1 is 1.38 bits per heavy atom. The normalized spacial score (nSPS) is 33.1. The largest absolute Gasteiger partial charge is 0.481 e. The number of aliphatic carboxylic acids is 1. The second-order valence-electron chi connectivity index (χ2n) is 5.06. The number of nitrogens with one attached hydrogen (secondary N) is 2. The fourth-order valence-corrected chi connectivity index (χ4v) is 2.67. The molecule has 2 aliphatic rings. The molecule has 2 unspecified atom stereocenters. The van der Waals surface area contributed by atoms with Crippen LogP contribution < -0.4 is 10.6 Å². The number of carboxylic acids is 1. The van der Waals surface area contributed by atoms with E-state index in [1.165, 1.54) is 0 Å². The first-order valence-corrected chi connectivity index (χ1v) is 6.00. The van der Waals surface area contributed by atoms with E-state index in [9.17, 15) is 9.90 Å². The van der Waals surface area contributed by atoms with Crippen molar-refractivity contribution >= 4 is 5.97 Å². The van der Waals surface area contributed by atoms with Gasteiger partial charge in [-0.05, 0) is 12.8 Å². The van der Waals surface area contributed by atoms with Gasteiger partial charge in [-0.25, -0.2) is 0 Å². The van der Waals surface area contributed by atoms with E-state index < -0.39 is 5.97 Å². The first-order chi connectivity index (χ1) is 7.61. The van der Waals surface area contributed by atoms with Crippen LogP contribution in [-0.2, 0) is 4.79 Å². The van der Waals surface area contributed by atoms with Crippen LogP contribution in [0.25, 0.3) is 0 Å². The molecule has 1 aliphatic heterocycles. The molecular weight excluding hydrogens is 208 g/mol. The zero-order valence-electron chi connectivity index (χ0n) is 9.41. The maximum absolute atomic E-state index is 10.8. The number of hydrogen-bond acceptors (Lipinski definition) is 4. The highest BCUT2D eigenvalue weighted by Crippen LogP contribution is 2.24. The molecule has 0 amide bonds. The second-order valence-corrected chi connectivity index (χ2v) is 5.06. The van der Waals surface area contributed by atoms with Crippen LogP contribution >= 0.6 is 0 Å². The van der Waals surface area contributed by atoms with E-state index in [1.54, 1.807) is 0 Å². The molecule has 5 nitrogen and oxygen atoms in total. The van der Waals surface area contributed by atoms with Crippen molar-refractivity contribution in [2.24, 2.45) is 0 Å². The molecule has 1 heterocycles. The van der Waals surface area contributed by atoms with E-state index in [4.69, 9.17) is 5.11 Å². The van der Waals surface area contributed by atoms with Crippen LogP contribution in [0.1, 0.15) is 32.1 Å². The van der Waals surface area contributed by atoms with Crippen molar-refractivity contribution in [3.05, 3.63) is 0 Å². The number of aliphatic hydroxyl groups excluding tert-OH is 1. The van der Waals surface area contributed by atoms with Gasteiger partial charge in [0, 0.05) is 19.1 Å². The molecule has 1 saturated heterocycles. The van der Waals surface area contributed by atoms with Gasteiger partial charge in [-0.2, -0.15) is 0 Å². The maximum Gasteiger partial charge on any atom is 0.305 e. The average Bonchev–Trinajstić information content (AvgIpc) is 2.17. The smallest absolute Gasteiger partial charge is 0.305 e. The van der Waals surface area contributed by atoms with E-state index in [2.05, 4.69) is 10.6 Å². The molecule has 2 atom stereocenters. The first kappa shape index (κ1) is 11.8. The molecule has 0 radical (unpaired) electrons. The van der Waals surface area contributed by atoms with E-state index in [0.29, 0.717) is 13.1 Å². The van der Waals surface area contributed by atoms with Crippen LogP contribution in [0, 0.1) is 0 Å². The quantitative estimate of drug-likeness (QED) is 0.531. The lowest BCUT2D eigenvalue weighted by molar-refractivity contribution is -0.139. The summed E-state index contributed by atoms with van der Waals surface area (Å²) in [6.07, 6.45) is 3.77. The molecule has 2 rings (SSSR count). The van der Waals surface area contributed by atoms with Gasteiger partial charge in [-0.15, -0.1) is 0 Å². The van der Waals surface area contributed by atoms with Crippen LogP contribution in [0.2, 0.25) is 0 Å². The van der Waals surface area contributed by atoms with Crippen LogP contribution in [0.4, 0.5) is 0 Å². The lowest BCUT2D eigenvalue weighted by Gasteiger charge is -2.46. The Balaban J connectivity index is 1.92. The van der Waals surface area contributed by atoms with Gasteiger partial charge < -0.3 is 20.8 Å². The fourth-order valence-electron chi connectivity index (χ4n) is 2.67. The van der Waals surface area contributed by atoms with Gasteiger partial charge in [0.1, 0.15) is 0 Å². The predicted octanol–water partition coefficient (Wildman–Crippen LogP) is -0.304. The Hall–Kier alpha value is -0.650. The molecule has 1 aliphatic carbocycles. The highest BCUT2D eigenvalue weighted by molar-refractivity contribution is 5.68. The predicted molar refractivity (Wildman–Crippen MR) is 59.3 cm³/mol. The zero-order chi connectivity index (χ0) is 11.6. The third-order valence-electron chi connectivity index (χ3n) is 3.64. The van der Waals surface area contributed by atoms with Crippen molar-refractivity contribution in [1.29, 1.82) is 0 Å². The third-order valence-corrected chi connectivity index (χ3v) is 3.64. The maximum atomic E-state index is 10.8. The van der Waals surface area contributed by atoms with E-state index in [1.807, 2.05) is 0 Å². The summed E-state index contributed by atoms with van der Waals surface area (Å²) in [5.41, 5.74) is -0.338. The Kier molecular flexibility index (Phi) is 3.47. The fraction of sp³-hybridized carbons (Fsp3) is 0.909. The first-order valence-electron chi connectivity index (χ1n) is 6.00. The molecule has 1 saturated carbocycles. The monoisotopic (exact) mass is 228 g/mol. The van der Waals surface area contributed by atoms with Gasteiger partial charge in [-0.1, -0.05) is 12.8 Å². The van der Waals surface area contributed by atoms with Crippen LogP contribution in [0.5, 0.6) is 0 Å². The molecule has 2 fully saturated rings. The summed E-state index contributed by atoms with van der Waals surface area (Å²) in [6, 6.07) is 0.0650. The SMILES string of the molecule is O=C(O)CC1(NC2CCCCC2O)CNC1. The molecule has 0 aromatic heterocycles. The number of carbonyl (C=O) groups is 1. The van der Waals surface area contributed by atoms with Crippen molar-refractivity contribution in [2.45, 2.75) is 49.8 Å². The van der Waals surface area contributed by atoms with Crippen LogP contribution in [0.3, 0.4) is 0 Å². The third kappa shape index (κ3) is 2.53. The standard InChI is InChI=1S/C11H20N2O3/c14-9-4-2-1-3-8(9)13-11(5-10(15)16)6-12-7-11/h8-9,12-14H,1-7H2,(H,15,16). The minimum absolute atomic E-state index is 0.0650. The van der Waals surface area contributed by atoms with Gasteiger partial charge in [0.2, 0.25) is 0 Å². The highest BCUT2D eigenvalue weighted by Gasteiger charge is 2.41. The molecule has 16 heavy (non-hydrogen) atoms. The minimum atomic E-state index is -0.778. The summed E-state index contributed by atoms with van der Waals surface area (Å²) in [5, 5.41) is 25.2. The summed E-state index contributed by atoms with van der Waals surface area (Å²) in [5.74, 6) is -0.778. The van der Waals surface area contributed by atoms with Gasteiger partial charge >= 0.3 is 5.97 Å². The van der Waals surface area contributed by atoms with Crippen LogP contribution in [0.15, 0.2) is 0 Å². The van der Waals surface area contributed by atoms with Crippen molar-refractivity contribution in [3.63, 3.8) is 0 Å². The van der Waals surface area contributed by atoms with Gasteiger partial charge in [0.25, 0.3) is 0 Å². The zero-order valence-corrected chi connectivity index (χ0v) is 9.41. The number of carboxylic acid groups (broad SMARTS) is 1. The van der Waals surface area contributed by atoms with Gasteiger partial charge in [0.05, 0.1) is 18.1 Å². The highest BCUT2D eigenvalue weighted by atomic mass is 16.4. The average molecular weight is 228 g/mol. The summed E-state index contributed by atoms with van der Waals surface area (Å²) < 4.78 is 0. The number of hydrogen-bond donors (Lipinski definition) is 4. The van der Waals surface area contributed by atoms with Crippen molar-refractivity contribution in [2.75, 3.05) is 13.1 Å². The summed E-state index contributed by atoms with van der Waals surface area (Å²) in [4.78, 5) is 10.8. The minimum Gasteiger partial charge on any atom is -0.481 e. The van der Waals surface area contributed by atoms with Gasteiger partial charge in [-0.3, -0.25) is 4.79 Å². The molecule has 0 aromatic rings. The lowest BCUT2D eigenvalue weighted by Crippen LogP contribution is -2.71. The molecule has 0 spiro atoms. The Morgan fingerprint density at radius 3 is 2.56 bits per heavy atom. The molecule has 0 aromatic carbocycles. The van der Waals surface area contributed by atoms with E-state index >= 15 is 0 Å². The molecule has 4 N–H and O–H groups in total. The Morgan fingerprint density at radius 2 is 2.06 bits per heavy atom. The Bertz CT molecular complexity index is 266. The van der Waals surface area contributed by atoms with E-state index in [-0.39, 0.29) is 24.1 Å². The topological polar surface area (TPSA) is 81.6 Å². The lowest BCUT2D eigenvalue weighted by atomic mass is 9.84. The molecule has 5 heteroatoms. The second kappa shape index (κ2) is 4.69. The summed E-state index contributed by atoms with van der Waals surface area (Å²) in [7, 11) is 0. The summed E-state index contributed by atoms with van der Waals surface area (Å²) in [6.45, 7) is 1.37. The number of aliphatic hydroxyl groups is 1. The summed E-state index contributed by atoms with van der Waals surface area (Å²) >= 11 is 0. The van der Waals surface area contributed by atoms with Crippen molar-refractivity contribution in [3.8, 4) is 0 Å². The van der Waals surface area contributed by atoms with Crippen LogP contribution in [-0.4, -0.2) is 47.0 Å². The molecule has 92 valence electrons. The molecular formula is C11H20N2O3. The molecule has 0 bridgehead atoms. The Labute approximate surface area is 95.2 Å². The van der Waals surface area contributed by atoms with E-state index in [0.717, 1.165) is 25.7 Å². The van der Waals surface area contributed by atoms with Gasteiger partial charge in [0.15, 0.2) is 0 Å². The number of rotatable bonds is 4. The van der Waals surface area contributed by atoms with Crippen molar-refractivity contribution < 1.29 is 15.0 Å². The van der Waals surface area contributed by atoms with Crippen molar-refractivity contribution in [1.82, 2.24) is 10.6 Å².